The Morgan fingerprint density at radius 1 is 1.44 bits per heavy atom. The highest BCUT2D eigenvalue weighted by molar-refractivity contribution is 5.97. The molecule has 0 aliphatic rings. The maximum atomic E-state index is 11.5. The van der Waals surface area contributed by atoms with Gasteiger partial charge in [0.05, 0.1) is 6.61 Å². The minimum atomic E-state index is -0.691. The molecule has 96 valence electrons. The number of aromatic hydroxyl groups is 1. The molecule has 3 N–H and O–H groups in total. The van der Waals surface area contributed by atoms with Gasteiger partial charge in [-0.2, -0.15) is 0 Å². The maximum Gasteiger partial charge on any atom is 0.354 e. The highest BCUT2D eigenvalue weighted by Crippen LogP contribution is 2.15. The molecule has 0 spiro atoms. The first-order valence-corrected chi connectivity index (χ1v) is 5.26. The van der Waals surface area contributed by atoms with Crippen LogP contribution in [0.2, 0.25) is 0 Å². The predicted octanol–water partition coefficient (Wildman–Crippen LogP) is 1.59. The van der Waals surface area contributed by atoms with Crippen molar-refractivity contribution in [3.8, 4) is 5.75 Å². The van der Waals surface area contributed by atoms with Crippen LogP contribution in [-0.2, 0) is 9.53 Å². The number of amides is 2. The van der Waals surface area contributed by atoms with Crippen LogP contribution in [0.5, 0.6) is 5.75 Å². The number of rotatable bonds is 4. The van der Waals surface area contributed by atoms with Crippen LogP contribution in [0.4, 0.5) is 10.5 Å². The smallest absolute Gasteiger partial charge is 0.354 e. The summed E-state index contributed by atoms with van der Waals surface area (Å²) >= 11 is 0. The van der Waals surface area contributed by atoms with Crippen LogP contribution in [0.3, 0.4) is 0 Å². The maximum absolute atomic E-state index is 11.5. The van der Waals surface area contributed by atoms with Crippen LogP contribution in [0.1, 0.15) is 6.92 Å². The van der Waals surface area contributed by atoms with Crippen molar-refractivity contribution in [1.29, 1.82) is 0 Å². The largest absolute Gasteiger partial charge is 0.508 e. The molecule has 0 saturated heterocycles. The molecule has 0 unspecified atom stereocenters. The quantitative estimate of drug-likeness (QED) is 0.559. The van der Waals surface area contributed by atoms with Gasteiger partial charge >= 0.3 is 12.0 Å². The third-order valence-corrected chi connectivity index (χ3v) is 1.89. The van der Waals surface area contributed by atoms with Crippen LogP contribution in [-0.4, -0.2) is 23.7 Å². The molecule has 1 rings (SSSR count). The zero-order valence-corrected chi connectivity index (χ0v) is 9.90. The van der Waals surface area contributed by atoms with E-state index in [1.165, 1.54) is 12.1 Å². The van der Waals surface area contributed by atoms with E-state index in [4.69, 9.17) is 0 Å². The topological polar surface area (TPSA) is 87.7 Å². The Labute approximate surface area is 104 Å². The second kappa shape index (κ2) is 6.29. The second-order valence-electron chi connectivity index (χ2n) is 3.33. The Morgan fingerprint density at radius 3 is 2.78 bits per heavy atom. The third kappa shape index (κ3) is 4.17. The first-order valence-electron chi connectivity index (χ1n) is 5.26. The number of carbonyl (C=O) groups is 2. The summed E-state index contributed by atoms with van der Waals surface area (Å²) < 4.78 is 4.65. The summed E-state index contributed by atoms with van der Waals surface area (Å²) in [5, 5.41) is 13.9. The summed E-state index contributed by atoms with van der Waals surface area (Å²) in [6.07, 6.45) is 0. The Bertz CT molecular complexity index is 471. The lowest BCUT2D eigenvalue weighted by Gasteiger charge is -2.09. The van der Waals surface area contributed by atoms with Crippen LogP contribution < -0.4 is 10.6 Å². The standard InChI is InChI=1S/C12H14N2O4/c1-3-18-11(16)8(2)13-12(17)14-9-5-4-6-10(15)7-9/h4-7,15H,2-3H2,1H3,(H2,13,14,17). The first kappa shape index (κ1) is 13.6. The summed E-state index contributed by atoms with van der Waals surface area (Å²) in [5.74, 6) is -0.666. The van der Waals surface area contributed by atoms with Gasteiger partial charge in [-0.15, -0.1) is 0 Å². The molecule has 0 fully saturated rings. The monoisotopic (exact) mass is 250 g/mol. The van der Waals surface area contributed by atoms with Crippen molar-refractivity contribution in [2.45, 2.75) is 6.92 Å². The highest BCUT2D eigenvalue weighted by Gasteiger charge is 2.11. The number of benzene rings is 1. The molecule has 0 radical (unpaired) electrons. The minimum absolute atomic E-state index is 0.0250. The summed E-state index contributed by atoms with van der Waals surface area (Å²) in [5.41, 5.74) is 0.235. The third-order valence-electron chi connectivity index (χ3n) is 1.89. The Kier molecular flexibility index (Phi) is 4.74. The van der Waals surface area contributed by atoms with E-state index >= 15 is 0 Å². The van der Waals surface area contributed by atoms with Gasteiger partial charge in [-0.05, 0) is 19.1 Å². The van der Waals surface area contributed by atoms with Crippen molar-refractivity contribution in [1.82, 2.24) is 5.32 Å². The average molecular weight is 250 g/mol. The van der Waals surface area contributed by atoms with E-state index in [9.17, 15) is 14.7 Å². The molecule has 0 aliphatic carbocycles. The average Bonchev–Trinajstić information content (AvgIpc) is 2.28. The van der Waals surface area contributed by atoms with Gasteiger partial charge in [0.1, 0.15) is 11.4 Å². The van der Waals surface area contributed by atoms with Crippen LogP contribution in [0.15, 0.2) is 36.5 Å². The van der Waals surface area contributed by atoms with Gasteiger partial charge in [-0.3, -0.25) is 0 Å². The molecule has 0 heterocycles. The van der Waals surface area contributed by atoms with Gasteiger partial charge < -0.3 is 20.5 Å². The minimum Gasteiger partial charge on any atom is -0.508 e. The lowest BCUT2D eigenvalue weighted by molar-refractivity contribution is -0.138. The fourth-order valence-electron chi connectivity index (χ4n) is 1.15. The van der Waals surface area contributed by atoms with Gasteiger partial charge in [0.25, 0.3) is 0 Å². The zero-order chi connectivity index (χ0) is 13.5. The molecule has 1 aromatic rings. The SMILES string of the molecule is C=C(NC(=O)Nc1cccc(O)c1)C(=O)OCC. The summed E-state index contributed by atoms with van der Waals surface area (Å²) in [6, 6.07) is 5.36. The molecule has 1 aromatic carbocycles. The number of ether oxygens (including phenoxy) is 1. The van der Waals surface area contributed by atoms with Crippen molar-refractivity contribution < 1.29 is 19.4 Å². The van der Waals surface area contributed by atoms with Crippen LogP contribution in [0.25, 0.3) is 0 Å². The van der Waals surface area contributed by atoms with Crippen molar-refractivity contribution >= 4 is 17.7 Å². The lowest BCUT2D eigenvalue weighted by atomic mass is 10.3. The number of phenolic OH excluding ortho intramolecular Hbond substituents is 1. The second-order valence-corrected chi connectivity index (χ2v) is 3.33. The van der Waals surface area contributed by atoms with Gasteiger partial charge in [-0.1, -0.05) is 12.6 Å². The van der Waals surface area contributed by atoms with Gasteiger partial charge in [0.2, 0.25) is 0 Å². The molecule has 18 heavy (non-hydrogen) atoms. The number of hydrogen-bond acceptors (Lipinski definition) is 4. The van der Waals surface area contributed by atoms with Crippen LogP contribution in [0, 0.1) is 0 Å². The summed E-state index contributed by atoms with van der Waals surface area (Å²) in [7, 11) is 0. The van der Waals surface area contributed by atoms with E-state index in [2.05, 4.69) is 21.9 Å². The number of anilines is 1. The molecule has 0 saturated carbocycles. The molecule has 0 bridgehead atoms. The number of phenols is 1. The Hall–Kier alpha value is -2.50. The molecule has 0 aromatic heterocycles. The summed E-state index contributed by atoms with van der Waals surface area (Å²) in [4.78, 5) is 22.7. The molecule has 0 atom stereocenters. The van der Waals surface area contributed by atoms with E-state index in [0.717, 1.165) is 0 Å². The van der Waals surface area contributed by atoms with E-state index < -0.39 is 12.0 Å². The highest BCUT2D eigenvalue weighted by atomic mass is 16.5. The molecule has 6 heteroatoms. The van der Waals surface area contributed by atoms with Gasteiger partial charge in [0, 0.05) is 11.8 Å². The van der Waals surface area contributed by atoms with Gasteiger partial charge in [-0.25, -0.2) is 9.59 Å². The Morgan fingerprint density at radius 2 is 2.17 bits per heavy atom. The van der Waals surface area contributed by atoms with Gasteiger partial charge in [0.15, 0.2) is 0 Å². The number of esters is 1. The summed E-state index contributed by atoms with van der Waals surface area (Å²) in [6.45, 7) is 5.23. The predicted molar refractivity (Wildman–Crippen MR) is 66.0 cm³/mol. The number of nitrogens with one attached hydrogen (secondary N) is 2. The van der Waals surface area contributed by atoms with Crippen molar-refractivity contribution in [3.63, 3.8) is 0 Å². The normalized spacial score (nSPS) is 9.39. The number of carbonyl (C=O) groups excluding carboxylic acids is 2. The van der Waals surface area contributed by atoms with E-state index in [0.29, 0.717) is 5.69 Å². The van der Waals surface area contributed by atoms with Crippen molar-refractivity contribution in [3.05, 3.63) is 36.5 Å². The molecule has 6 nitrogen and oxygen atoms in total. The zero-order valence-electron chi connectivity index (χ0n) is 9.90. The molecule has 2 amide bonds. The molecule has 0 aliphatic heterocycles. The van der Waals surface area contributed by atoms with E-state index in [1.807, 2.05) is 0 Å². The Balaban J connectivity index is 2.52. The van der Waals surface area contributed by atoms with E-state index in [-0.39, 0.29) is 18.1 Å². The fraction of sp³-hybridized carbons (Fsp3) is 0.167. The molecular formula is C12H14N2O4. The fourth-order valence-corrected chi connectivity index (χ4v) is 1.15. The van der Waals surface area contributed by atoms with E-state index in [1.54, 1.807) is 19.1 Å². The van der Waals surface area contributed by atoms with Crippen molar-refractivity contribution in [2.24, 2.45) is 0 Å². The first-order chi connectivity index (χ1) is 8.52. The molecular weight excluding hydrogens is 236 g/mol. The number of hydrogen-bond donors (Lipinski definition) is 3. The number of urea groups is 1. The lowest BCUT2D eigenvalue weighted by Crippen LogP contribution is -2.31. The van der Waals surface area contributed by atoms with Crippen molar-refractivity contribution in [2.75, 3.05) is 11.9 Å². The van der Waals surface area contributed by atoms with Crippen LogP contribution >= 0.6 is 0 Å².